The molecule has 0 spiro atoms. The minimum atomic E-state index is -0.235. The van der Waals surface area contributed by atoms with Gasteiger partial charge in [-0.2, -0.15) is 0 Å². The van der Waals surface area contributed by atoms with E-state index in [1.54, 1.807) is 0 Å². The van der Waals surface area contributed by atoms with Crippen molar-refractivity contribution in [3.63, 3.8) is 0 Å². The number of rotatable bonds is 3. The van der Waals surface area contributed by atoms with E-state index in [4.69, 9.17) is 9.84 Å². The molecule has 0 saturated heterocycles. The standard InChI is InChI=1S/C11H13NO4/c13-5-1-4-12-10(14)8-6-2-3-7(16-6)9(8)11(12)15/h2-3,6-7,13-15H,1,4-5H2. The van der Waals surface area contributed by atoms with Gasteiger partial charge in [0.05, 0.1) is 11.1 Å². The first-order chi connectivity index (χ1) is 7.74. The fraction of sp³-hybridized carbons (Fsp3) is 0.455. The van der Waals surface area contributed by atoms with Crippen molar-refractivity contribution in [1.82, 2.24) is 4.57 Å². The van der Waals surface area contributed by atoms with Crippen molar-refractivity contribution in [1.29, 1.82) is 0 Å². The van der Waals surface area contributed by atoms with Gasteiger partial charge in [0, 0.05) is 13.2 Å². The van der Waals surface area contributed by atoms with Gasteiger partial charge in [0.15, 0.2) is 0 Å². The van der Waals surface area contributed by atoms with Crippen molar-refractivity contribution in [3.8, 4) is 11.8 Å². The third-order valence-corrected chi connectivity index (χ3v) is 3.15. The molecule has 2 aliphatic heterocycles. The molecule has 2 unspecified atom stereocenters. The average Bonchev–Trinajstić information content (AvgIpc) is 2.92. The van der Waals surface area contributed by atoms with Gasteiger partial charge in [-0.1, -0.05) is 12.2 Å². The Kier molecular flexibility index (Phi) is 1.99. The number of ether oxygens (including phenoxy) is 1. The van der Waals surface area contributed by atoms with E-state index in [9.17, 15) is 10.2 Å². The molecule has 16 heavy (non-hydrogen) atoms. The van der Waals surface area contributed by atoms with Crippen molar-refractivity contribution in [2.75, 3.05) is 6.61 Å². The second-order valence-corrected chi connectivity index (χ2v) is 4.07. The lowest BCUT2D eigenvalue weighted by atomic mass is 10.0. The Bertz CT molecular complexity index is 428. The monoisotopic (exact) mass is 223 g/mol. The molecule has 0 amide bonds. The Balaban J connectivity index is 2.04. The van der Waals surface area contributed by atoms with Crippen molar-refractivity contribution >= 4 is 0 Å². The van der Waals surface area contributed by atoms with Gasteiger partial charge in [-0.15, -0.1) is 0 Å². The largest absolute Gasteiger partial charge is 0.494 e. The van der Waals surface area contributed by atoms with E-state index in [-0.39, 0.29) is 30.6 Å². The van der Waals surface area contributed by atoms with E-state index < -0.39 is 0 Å². The van der Waals surface area contributed by atoms with Crippen LogP contribution in [0, 0.1) is 0 Å². The molecule has 5 heteroatoms. The van der Waals surface area contributed by atoms with E-state index in [1.807, 2.05) is 12.2 Å². The van der Waals surface area contributed by atoms with E-state index in [0.29, 0.717) is 24.1 Å². The Labute approximate surface area is 92.2 Å². The third kappa shape index (κ3) is 1.07. The van der Waals surface area contributed by atoms with Gasteiger partial charge in [0.2, 0.25) is 11.8 Å². The molecule has 2 aliphatic rings. The quantitative estimate of drug-likeness (QED) is 0.667. The van der Waals surface area contributed by atoms with Crippen molar-refractivity contribution in [2.45, 2.75) is 25.2 Å². The number of aromatic nitrogens is 1. The molecule has 1 aromatic rings. The third-order valence-electron chi connectivity index (χ3n) is 3.15. The molecular formula is C11H13NO4. The second kappa shape index (κ2) is 3.26. The van der Waals surface area contributed by atoms with Crippen molar-refractivity contribution in [2.24, 2.45) is 0 Å². The molecular weight excluding hydrogens is 210 g/mol. The highest BCUT2D eigenvalue weighted by Crippen LogP contribution is 2.54. The normalized spacial score (nSPS) is 25.3. The Morgan fingerprint density at radius 2 is 1.69 bits per heavy atom. The van der Waals surface area contributed by atoms with E-state index in [2.05, 4.69) is 0 Å². The lowest BCUT2D eigenvalue weighted by Crippen LogP contribution is -2.01. The predicted molar refractivity (Wildman–Crippen MR) is 55.2 cm³/mol. The maximum atomic E-state index is 9.99. The topological polar surface area (TPSA) is 74.9 Å². The van der Waals surface area contributed by atoms with Crippen LogP contribution in [0.25, 0.3) is 0 Å². The molecule has 1 aromatic heterocycles. The lowest BCUT2D eigenvalue weighted by molar-refractivity contribution is 0.0836. The first kappa shape index (κ1) is 9.74. The maximum Gasteiger partial charge on any atom is 0.200 e. The fourth-order valence-electron chi connectivity index (χ4n) is 2.41. The Morgan fingerprint density at radius 3 is 2.19 bits per heavy atom. The molecule has 0 aliphatic carbocycles. The van der Waals surface area contributed by atoms with Gasteiger partial charge >= 0.3 is 0 Å². The molecule has 0 fully saturated rings. The molecule has 3 N–H and O–H groups in total. The molecule has 0 saturated carbocycles. The van der Waals surface area contributed by atoms with Gasteiger partial charge in [0.1, 0.15) is 12.2 Å². The summed E-state index contributed by atoms with van der Waals surface area (Å²) in [6.07, 6.45) is 3.78. The van der Waals surface area contributed by atoms with Crippen LogP contribution in [0.4, 0.5) is 0 Å². The van der Waals surface area contributed by atoms with Gasteiger partial charge in [0.25, 0.3) is 0 Å². The minimum Gasteiger partial charge on any atom is -0.494 e. The average molecular weight is 223 g/mol. The molecule has 3 heterocycles. The number of hydrogen-bond acceptors (Lipinski definition) is 4. The van der Waals surface area contributed by atoms with Crippen molar-refractivity contribution < 1.29 is 20.1 Å². The number of aliphatic hydroxyl groups is 1. The summed E-state index contributed by atoms with van der Waals surface area (Å²) in [6, 6.07) is 0. The summed E-state index contributed by atoms with van der Waals surface area (Å²) in [4.78, 5) is 0. The summed E-state index contributed by atoms with van der Waals surface area (Å²) in [5.41, 5.74) is 1.34. The Hall–Kier alpha value is -1.46. The number of fused-ring (bicyclic) bond motifs is 5. The van der Waals surface area contributed by atoms with Crippen LogP contribution in [0.2, 0.25) is 0 Å². The lowest BCUT2D eigenvalue weighted by Gasteiger charge is -2.09. The summed E-state index contributed by atoms with van der Waals surface area (Å²) in [5, 5.41) is 28.7. The van der Waals surface area contributed by atoms with Gasteiger partial charge in [-0.25, -0.2) is 0 Å². The van der Waals surface area contributed by atoms with Crippen LogP contribution >= 0.6 is 0 Å². The highest BCUT2D eigenvalue weighted by atomic mass is 16.5. The Morgan fingerprint density at radius 1 is 1.12 bits per heavy atom. The number of aliphatic hydroxyl groups excluding tert-OH is 1. The second-order valence-electron chi connectivity index (χ2n) is 4.07. The number of hydrogen-bond donors (Lipinski definition) is 3. The summed E-state index contributed by atoms with van der Waals surface area (Å²) < 4.78 is 6.94. The first-order valence-electron chi connectivity index (χ1n) is 5.33. The van der Waals surface area contributed by atoms with Crippen LogP contribution in [0.15, 0.2) is 12.2 Å². The molecule has 0 radical (unpaired) electrons. The summed E-state index contributed by atoms with van der Waals surface area (Å²) in [7, 11) is 0. The van der Waals surface area contributed by atoms with E-state index in [0.717, 1.165) is 0 Å². The summed E-state index contributed by atoms with van der Waals surface area (Å²) >= 11 is 0. The van der Waals surface area contributed by atoms with Gasteiger partial charge < -0.3 is 20.1 Å². The van der Waals surface area contributed by atoms with Crippen molar-refractivity contribution in [3.05, 3.63) is 23.3 Å². The molecule has 5 nitrogen and oxygen atoms in total. The van der Waals surface area contributed by atoms with Crippen LogP contribution in [0.5, 0.6) is 11.8 Å². The van der Waals surface area contributed by atoms with Gasteiger partial charge in [-0.3, -0.25) is 4.57 Å². The highest BCUT2D eigenvalue weighted by Gasteiger charge is 2.41. The zero-order valence-corrected chi connectivity index (χ0v) is 8.63. The van der Waals surface area contributed by atoms with Crippen LogP contribution in [0.3, 0.4) is 0 Å². The SMILES string of the molecule is OCCCn1c(O)c2c(c1O)C1C=CC2O1. The van der Waals surface area contributed by atoms with Crippen LogP contribution in [0.1, 0.15) is 29.8 Å². The first-order valence-corrected chi connectivity index (χ1v) is 5.33. The fourth-order valence-corrected chi connectivity index (χ4v) is 2.41. The smallest absolute Gasteiger partial charge is 0.200 e. The molecule has 86 valence electrons. The predicted octanol–water partition coefficient (Wildman–Crippen LogP) is 0.964. The summed E-state index contributed by atoms with van der Waals surface area (Å²) in [5.74, 6) is 0.107. The van der Waals surface area contributed by atoms with E-state index in [1.165, 1.54) is 4.57 Å². The molecule has 0 aromatic carbocycles. The molecule has 2 atom stereocenters. The van der Waals surface area contributed by atoms with E-state index >= 15 is 0 Å². The molecule has 3 rings (SSSR count). The maximum absolute atomic E-state index is 9.99. The summed E-state index contributed by atoms with van der Waals surface area (Å²) in [6.45, 7) is 0.434. The zero-order chi connectivity index (χ0) is 11.3. The minimum absolute atomic E-state index is 0.0311. The molecule has 2 bridgehead atoms. The zero-order valence-electron chi connectivity index (χ0n) is 8.63. The highest BCUT2D eigenvalue weighted by molar-refractivity contribution is 5.55. The number of aromatic hydroxyl groups is 2. The van der Waals surface area contributed by atoms with Crippen LogP contribution in [-0.4, -0.2) is 26.5 Å². The van der Waals surface area contributed by atoms with Gasteiger partial charge in [-0.05, 0) is 6.42 Å². The van der Waals surface area contributed by atoms with Crippen LogP contribution in [-0.2, 0) is 11.3 Å². The van der Waals surface area contributed by atoms with Crippen LogP contribution < -0.4 is 0 Å². The number of nitrogens with zero attached hydrogens (tertiary/aromatic N) is 1.